The van der Waals surface area contributed by atoms with Crippen molar-refractivity contribution in [2.75, 3.05) is 19.7 Å². The third kappa shape index (κ3) is 2.70. The van der Waals surface area contributed by atoms with Crippen LogP contribution in [0.15, 0.2) is 17.1 Å². The summed E-state index contributed by atoms with van der Waals surface area (Å²) in [6, 6.07) is 4.21. The average molecular weight is 289 g/mol. The summed E-state index contributed by atoms with van der Waals surface area (Å²) < 4.78 is 5.72. The molecule has 0 radical (unpaired) electrons. The first-order valence-corrected chi connectivity index (χ1v) is 7.54. The fourth-order valence-corrected chi connectivity index (χ4v) is 3.22. The zero-order chi connectivity index (χ0) is 15.0. The molecule has 2 unspecified atom stereocenters. The van der Waals surface area contributed by atoms with Gasteiger partial charge in [-0.2, -0.15) is 0 Å². The Bertz CT molecular complexity index is 542. The van der Waals surface area contributed by atoms with Crippen molar-refractivity contribution in [3.05, 3.63) is 28.8 Å². The van der Waals surface area contributed by atoms with Crippen LogP contribution in [0.4, 0.5) is 0 Å². The van der Waals surface area contributed by atoms with Crippen LogP contribution in [0.1, 0.15) is 35.6 Å². The van der Waals surface area contributed by atoms with E-state index in [4.69, 9.17) is 10.5 Å². The van der Waals surface area contributed by atoms with E-state index in [0.717, 1.165) is 42.7 Å². The highest BCUT2D eigenvalue weighted by molar-refractivity contribution is 5.80. The standard InChI is InChI=1S/C16H23N3O2/c1-10-6-12(7-11(2)15(10)20)14-8-18-16(17)19(14)9-13-4-3-5-21-13/h6-7,13-14,20H,3-5,8-9H2,1-2H3,(H2,17,18). The van der Waals surface area contributed by atoms with Crippen molar-refractivity contribution >= 4 is 5.96 Å². The number of aryl methyl sites for hydroxylation is 2. The zero-order valence-corrected chi connectivity index (χ0v) is 12.7. The number of benzene rings is 1. The first-order chi connectivity index (χ1) is 10.1. The number of ether oxygens (including phenoxy) is 1. The number of guanidine groups is 1. The minimum absolute atomic E-state index is 0.146. The van der Waals surface area contributed by atoms with Gasteiger partial charge in [0.2, 0.25) is 0 Å². The molecule has 2 aliphatic heterocycles. The first kappa shape index (κ1) is 14.2. The monoisotopic (exact) mass is 289 g/mol. The molecule has 0 saturated carbocycles. The van der Waals surface area contributed by atoms with Gasteiger partial charge in [-0.3, -0.25) is 4.99 Å². The molecule has 21 heavy (non-hydrogen) atoms. The van der Waals surface area contributed by atoms with Gasteiger partial charge >= 0.3 is 0 Å². The number of nitrogens with two attached hydrogens (primary N) is 1. The molecule has 1 aromatic rings. The van der Waals surface area contributed by atoms with Crippen molar-refractivity contribution in [2.45, 2.75) is 38.8 Å². The maximum atomic E-state index is 9.93. The Hall–Kier alpha value is -1.75. The van der Waals surface area contributed by atoms with Gasteiger partial charge in [0, 0.05) is 13.2 Å². The van der Waals surface area contributed by atoms with Crippen LogP contribution in [0.5, 0.6) is 5.75 Å². The number of aliphatic imine (C=N–C) groups is 1. The second kappa shape index (κ2) is 5.56. The second-order valence-corrected chi connectivity index (χ2v) is 6.01. The summed E-state index contributed by atoms with van der Waals surface area (Å²) in [6.45, 7) is 6.16. The van der Waals surface area contributed by atoms with E-state index in [2.05, 4.69) is 9.89 Å². The molecule has 0 spiro atoms. The summed E-state index contributed by atoms with van der Waals surface area (Å²) in [6.07, 6.45) is 2.46. The molecule has 0 aromatic heterocycles. The van der Waals surface area contributed by atoms with Crippen LogP contribution in [-0.2, 0) is 4.74 Å². The molecule has 1 fully saturated rings. The lowest BCUT2D eigenvalue weighted by Crippen LogP contribution is -2.41. The van der Waals surface area contributed by atoms with E-state index in [1.54, 1.807) is 0 Å². The Morgan fingerprint density at radius 2 is 2.10 bits per heavy atom. The third-order valence-electron chi connectivity index (χ3n) is 4.42. The summed E-state index contributed by atoms with van der Waals surface area (Å²) in [7, 11) is 0. The molecule has 2 atom stereocenters. The van der Waals surface area contributed by atoms with Crippen LogP contribution in [0.2, 0.25) is 0 Å². The second-order valence-electron chi connectivity index (χ2n) is 6.01. The van der Waals surface area contributed by atoms with Gasteiger partial charge in [-0.1, -0.05) is 12.1 Å². The highest BCUT2D eigenvalue weighted by Crippen LogP contribution is 2.32. The van der Waals surface area contributed by atoms with E-state index in [9.17, 15) is 5.11 Å². The first-order valence-electron chi connectivity index (χ1n) is 7.54. The third-order valence-corrected chi connectivity index (χ3v) is 4.42. The molecule has 3 N–H and O–H groups in total. The lowest BCUT2D eigenvalue weighted by molar-refractivity contribution is 0.0852. The number of hydrogen-bond acceptors (Lipinski definition) is 5. The summed E-state index contributed by atoms with van der Waals surface area (Å²) in [4.78, 5) is 6.54. The van der Waals surface area contributed by atoms with E-state index in [-0.39, 0.29) is 12.1 Å². The Kier molecular flexibility index (Phi) is 3.76. The largest absolute Gasteiger partial charge is 0.507 e. The van der Waals surface area contributed by atoms with E-state index in [1.807, 2.05) is 26.0 Å². The molecular formula is C16H23N3O2. The minimum Gasteiger partial charge on any atom is -0.507 e. The molecule has 2 heterocycles. The van der Waals surface area contributed by atoms with Gasteiger partial charge in [-0.05, 0) is 43.4 Å². The van der Waals surface area contributed by atoms with E-state index < -0.39 is 0 Å². The van der Waals surface area contributed by atoms with E-state index in [1.165, 1.54) is 0 Å². The summed E-state index contributed by atoms with van der Waals surface area (Å²) in [5.41, 5.74) is 9.01. The lowest BCUT2D eigenvalue weighted by atomic mass is 9.99. The topological polar surface area (TPSA) is 71.1 Å². The summed E-state index contributed by atoms with van der Waals surface area (Å²) >= 11 is 0. The molecule has 1 saturated heterocycles. The van der Waals surface area contributed by atoms with Crippen LogP contribution < -0.4 is 5.73 Å². The highest BCUT2D eigenvalue weighted by atomic mass is 16.5. The predicted octanol–water partition coefficient (Wildman–Crippen LogP) is 1.86. The Balaban J connectivity index is 1.83. The van der Waals surface area contributed by atoms with Crippen LogP contribution in [-0.4, -0.2) is 41.8 Å². The van der Waals surface area contributed by atoms with Gasteiger partial charge in [0.1, 0.15) is 5.75 Å². The van der Waals surface area contributed by atoms with Gasteiger partial charge in [0.05, 0.1) is 18.7 Å². The van der Waals surface area contributed by atoms with Gasteiger partial charge in [-0.15, -0.1) is 0 Å². The number of phenols is 1. The van der Waals surface area contributed by atoms with Gasteiger partial charge < -0.3 is 20.5 Å². The normalized spacial score (nSPS) is 25.4. The molecule has 0 amide bonds. The Labute approximate surface area is 125 Å². The maximum Gasteiger partial charge on any atom is 0.192 e. The minimum atomic E-state index is 0.146. The van der Waals surface area contributed by atoms with Crippen molar-refractivity contribution in [1.82, 2.24) is 4.90 Å². The fraction of sp³-hybridized carbons (Fsp3) is 0.562. The molecule has 114 valence electrons. The highest BCUT2D eigenvalue weighted by Gasteiger charge is 2.31. The van der Waals surface area contributed by atoms with Crippen molar-refractivity contribution in [3.63, 3.8) is 0 Å². The van der Waals surface area contributed by atoms with Gasteiger partial charge in [-0.25, -0.2) is 0 Å². The van der Waals surface area contributed by atoms with Crippen LogP contribution in [0, 0.1) is 13.8 Å². The number of nitrogens with zero attached hydrogens (tertiary/aromatic N) is 2. The van der Waals surface area contributed by atoms with Crippen molar-refractivity contribution in [1.29, 1.82) is 0 Å². The average Bonchev–Trinajstić information content (AvgIpc) is 3.07. The fourth-order valence-electron chi connectivity index (χ4n) is 3.22. The van der Waals surface area contributed by atoms with Crippen LogP contribution in [0.3, 0.4) is 0 Å². The van der Waals surface area contributed by atoms with E-state index >= 15 is 0 Å². The number of aromatic hydroxyl groups is 1. The van der Waals surface area contributed by atoms with Gasteiger partial charge in [0.15, 0.2) is 5.96 Å². The Morgan fingerprint density at radius 1 is 1.38 bits per heavy atom. The number of phenolic OH excluding ortho intramolecular Hbond substituents is 1. The quantitative estimate of drug-likeness (QED) is 0.891. The van der Waals surface area contributed by atoms with Crippen molar-refractivity contribution in [3.8, 4) is 5.75 Å². The molecule has 0 bridgehead atoms. The van der Waals surface area contributed by atoms with E-state index in [0.29, 0.717) is 18.3 Å². The van der Waals surface area contributed by atoms with Crippen LogP contribution >= 0.6 is 0 Å². The molecule has 0 aliphatic carbocycles. The molecule has 3 rings (SSSR count). The zero-order valence-electron chi connectivity index (χ0n) is 12.7. The van der Waals surface area contributed by atoms with Crippen molar-refractivity contribution in [2.24, 2.45) is 10.7 Å². The van der Waals surface area contributed by atoms with Crippen molar-refractivity contribution < 1.29 is 9.84 Å². The summed E-state index contributed by atoms with van der Waals surface area (Å²) in [5, 5.41) is 9.93. The Morgan fingerprint density at radius 3 is 2.71 bits per heavy atom. The molecule has 2 aliphatic rings. The number of hydrogen-bond donors (Lipinski definition) is 2. The molecule has 5 heteroatoms. The SMILES string of the molecule is Cc1cc(C2CN=C(N)N2CC2CCCO2)cc(C)c1O. The molecule has 5 nitrogen and oxygen atoms in total. The maximum absolute atomic E-state index is 9.93. The predicted molar refractivity (Wildman–Crippen MR) is 82.5 cm³/mol. The molecule has 1 aromatic carbocycles. The summed E-state index contributed by atoms with van der Waals surface area (Å²) in [5.74, 6) is 0.968. The lowest BCUT2D eigenvalue weighted by Gasteiger charge is -2.29. The van der Waals surface area contributed by atoms with Crippen LogP contribution in [0.25, 0.3) is 0 Å². The number of rotatable bonds is 3. The molecular weight excluding hydrogens is 266 g/mol. The van der Waals surface area contributed by atoms with Gasteiger partial charge in [0.25, 0.3) is 0 Å². The smallest absolute Gasteiger partial charge is 0.192 e.